The number of rotatable bonds is 7. The Morgan fingerprint density at radius 3 is 2.43 bits per heavy atom. The van der Waals surface area contributed by atoms with Gasteiger partial charge in [0.15, 0.2) is 0 Å². The number of carbonyl (C=O) groups excluding carboxylic acids is 1. The molecule has 1 saturated carbocycles. The normalized spacial score (nSPS) is 25.2. The molecule has 23 heavy (non-hydrogen) atoms. The fraction of sp³-hybridized carbons (Fsp3) is 0.944. The summed E-state index contributed by atoms with van der Waals surface area (Å²) in [6, 6.07) is 0.573. The zero-order chi connectivity index (χ0) is 17.5. The number of nitrogens with one attached hydrogen (secondary N) is 1. The molecule has 3 atom stereocenters. The molecule has 0 spiro atoms. The van der Waals surface area contributed by atoms with E-state index >= 15 is 0 Å². The minimum absolute atomic E-state index is 0.262. The number of hydrogen-bond donors (Lipinski definition) is 1. The van der Waals surface area contributed by atoms with E-state index in [0.29, 0.717) is 25.7 Å². The van der Waals surface area contributed by atoms with E-state index in [4.69, 9.17) is 9.47 Å². The highest BCUT2D eigenvalue weighted by Gasteiger charge is 2.25. The van der Waals surface area contributed by atoms with Crippen molar-refractivity contribution in [3.8, 4) is 0 Å². The van der Waals surface area contributed by atoms with Gasteiger partial charge in [0, 0.05) is 32.8 Å². The van der Waals surface area contributed by atoms with E-state index in [1.54, 1.807) is 12.0 Å². The molecule has 3 unspecified atom stereocenters. The second-order valence-electron chi connectivity index (χ2n) is 7.88. The maximum atomic E-state index is 12.3. The Bertz CT molecular complexity index is 355. The minimum atomic E-state index is -0.467. The van der Waals surface area contributed by atoms with E-state index in [9.17, 15) is 4.79 Å². The topological polar surface area (TPSA) is 50.8 Å². The molecular weight excluding hydrogens is 292 g/mol. The van der Waals surface area contributed by atoms with Gasteiger partial charge in [0.2, 0.25) is 0 Å². The van der Waals surface area contributed by atoms with Crippen molar-refractivity contribution in [1.82, 2.24) is 10.2 Å². The number of ether oxygens (including phenoxy) is 2. The van der Waals surface area contributed by atoms with Gasteiger partial charge in [-0.15, -0.1) is 0 Å². The molecule has 0 aromatic rings. The predicted molar refractivity (Wildman–Crippen MR) is 93.7 cm³/mol. The summed E-state index contributed by atoms with van der Waals surface area (Å²) in [4.78, 5) is 14.0. The van der Waals surface area contributed by atoms with Crippen LogP contribution in [0.3, 0.4) is 0 Å². The fourth-order valence-corrected chi connectivity index (χ4v) is 2.96. The Morgan fingerprint density at radius 1 is 1.17 bits per heavy atom. The third-order valence-electron chi connectivity index (χ3n) is 4.63. The van der Waals surface area contributed by atoms with Crippen LogP contribution in [-0.2, 0) is 9.47 Å². The van der Waals surface area contributed by atoms with Gasteiger partial charge in [0.1, 0.15) is 5.60 Å². The first-order valence-corrected chi connectivity index (χ1v) is 8.93. The van der Waals surface area contributed by atoms with Crippen LogP contribution >= 0.6 is 0 Å². The standard InChI is InChI=1S/C18H36N2O3/c1-14-7-8-16(13-15(14)2)19-9-10-20(11-12-22-6)17(21)23-18(3,4)5/h14-16,19H,7-13H2,1-6H3. The summed E-state index contributed by atoms with van der Waals surface area (Å²) < 4.78 is 10.6. The van der Waals surface area contributed by atoms with E-state index < -0.39 is 5.60 Å². The molecule has 1 amide bonds. The van der Waals surface area contributed by atoms with Crippen molar-refractivity contribution in [3.05, 3.63) is 0 Å². The Kier molecular flexibility index (Phi) is 8.34. The SMILES string of the molecule is COCCN(CCNC1CCC(C)C(C)C1)C(=O)OC(C)(C)C. The first-order chi connectivity index (χ1) is 10.7. The molecule has 1 rings (SSSR count). The smallest absolute Gasteiger partial charge is 0.410 e. The Morgan fingerprint density at radius 2 is 1.87 bits per heavy atom. The molecule has 5 heteroatoms. The van der Waals surface area contributed by atoms with Gasteiger partial charge in [-0.25, -0.2) is 4.79 Å². The lowest BCUT2D eigenvalue weighted by Gasteiger charge is -2.33. The summed E-state index contributed by atoms with van der Waals surface area (Å²) in [5, 5.41) is 3.61. The second-order valence-corrected chi connectivity index (χ2v) is 7.88. The largest absolute Gasteiger partial charge is 0.444 e. The van der Waals surface area contributed by atoms with Crippen LogP contribution in [0.1, 0.15) is 53.9 Å². The lowest BCUT2D eigenvalue weighted by molar-refractivity contribution is 0.0201. The number of carbonyl (C=O) groups is 1. The van der Waals surface area contributed by atoms with Gasteiger partial charge in [-0.2, -0.15) is 0 Å². The minimum Gasteiger partial charge on any atom is -0.444 e. The van der Waals surface area contributed by atoms with Crippen LogP contribution < -0.4 is 5.32 Å². The highest BCUT2D eigenvalue weighted by atomic mass is 16.6. The molecule has 136 valence electrons. The summed E-state index contributed by atoms with van der Waals surface area (Å²) in [6.07, 6.45) is 3.49. The lowest BCUT2D eigenvalue weighted by Crippen LogP contribution is -2.44. The molecule has 1 aliphatic rings. The van der Waals surface area contributed by atoms with Crippen LogP contribution in [0.4, 0.5) is 4.79 Å². The Labute approximate surface area is 142 Å². The molecule has 1 fully saturated rings. The van der Waals surface area contributed by atoms with Crippen LogP contribution in [0.15, 0.2) is 0 Å². The van der Waals surface area contributed by atoms with Crippen molar-refractivity contribution >= 4 is 6.09 Å². The van der Waals surface area contributed by atoms with Gasteiger partial charge in [0.05, 0.1) is 6.61 Å². The van der Waals surface area contributed by atoms with Crippen LogP contribution in [-0.4, -0.2) is 56.0 Å². The van der Waals surface area contributed by atoms with E-state index in [1.807, 2.05) is 20.8 Å². The average molecular weight is 328 g/mol. The maximum absolute atomic E-state index is 12.3. The van der Waals surface area contributed by atoms with Gasteiger partial charge in [-0.3, -0.25) is 0 Å². The Balaban J connectivity index is 2.40. The summed E-state index contributed by atoms with van der Waals surface area (Å²) in [5.41, 5.74) is -0.467. The summed E-state index contributed by atoms with van der Waals surface area (Å²) in [6.45, 7) is 12.9. The average Bonchev–Trinajstić information content (AvgIpc) is 2.44. The van der Waals surface area contributed by atoms with Crippen LogP contribution in [0.25, 0.3) is 0 Å². The van der Waals surface area contributed by atoms with Crippen molar-refractivity contribution in [2.24, 2.45) is 11.8 Å². The quantitative estimate of drug-likeness (QED) is 0.779. The summed E-state index contributed by atoms with van der Waals surface area (Å²) >= 11 is 0. The molecule has 0 aliphatic heterocycles. The lowest BCUT2D eigenvalue weighted by atomic mass is 9.79. The number of nitrogens with zero attached hydrogens (tertiary/aromatic N) is 1. The van der Waals surface area contributed by atoms with E-state index in [1.165, 1.54) is 19.3 Å². The van der Waals surface area contributed by atoms with Gasteiger partial charge < -0.3 is 19.7 Å². The summed E-state index contributed by atoms with van der Waals surface area (Å²) in [7, 11) is 1.65. The summed E-state index contributed by atoms with van der Waals surface area (Å²) in [5.74, 6) is 1.60. The molecule has 0 aromatic heterocycles. The van der Waals surface area contributed by atoms with Crippen molar-refractivity contribution in [2.45, 2.75) is 65.5 Å². The number of amides is 1. The van der Waals surface area contributed by atoms with Crippen LogP contribution in [0.5, 0.6) is 0 Å². The first-order valence-electron chi connectivity index (χ1n) is 8.93. The molecule has 1 aliphatic carbocycles. The fourth-order valence-electron chi connectivity index (χ4n) is 2.96. The van der Waals surface area contributed by atoms with Crippen LogP contribution in [0, 0.1) is 11.8 Å². The zero-order valence-electron chi connectivity index (χ0n) is 15.9. The van der Waals surface area contributed by atoms with E-state index in [-0.39, 0.29) is 6.09 Å². The number of methoxy groups -OCH3 is 1. The van der Waals surface area contributed by atoms with Gasteiger partial charge >= 0.3 is 6.09 Å². The Hall–Kier alpha value is -0.810. The third-order valence-corrected chi connectivity index (χ3v) is 4.63. The van der Waals surface area contributed by atoms with E-state index in [2.05, 4.69) is 19.2 Å². The molecule has 0 heterocycles. The second kappa shape index (κ2) is 9.48. The highest BCUT2D eigenvalue weighted by molar-refractivity contribution is 5.68. The molecule has 0 aromatic carbocycles. The molecule has 0 saturated heterocycles. The third kappa shape index (κ3) is 8.02. The van der Waals surface area contributed by atoms with Crippen molar-refractivity contribution in [1.29, 1.82) is 0 Å². The molecular formula is C18H36N2O3. The highest BCUT2D eigenvalue weighted by Crippen LogP contribution is 2.29. The monoisotopic (exact) mass is 328 g/mol. The number of hydrogen-bond acceptors (Lipinski definition) is 4. The van der Waals surface area contributed by atoms with Gasteiger partial charge in [0.25, 0.3) is 0 Å². The van der Waals surface area contributed by atoms with Gasteiger partial charge in [-0.1, -0.05) is 13.8 Å². The van der Waals surface area contributed by atoms with Crippen molar-refractivity contribution < 1.29 is 14.3 Å². The zero-order valence-corrected chi connectivity index (χ0v) is 15.9. The maximum Gasteiger partial charge on any atom is 0.410 e. The van der Waals surface area contributed by atoms with Crippen molar-refractivity contribution in [3.63, 3.8) is 0 Å². The molecule has 0 radical (unpaired) electrons. The molecule has 0 bridgehead atoms. The van der Waals surface area contributed by atoms with Crippen molar-refractivity contribution in [2.75, 3.05) is 33.4 Å². The van der Waals surface area contributed by atoms with Crippen LogP contribution in [0.2, 0.25) is 0 Å². The molecule has 1 N–H and O–H groups in total. The molecule has 5 nitrogen and oxygen atoms in total. The van der Waals surface area contributed by atoms with E-state index in [0.717, 1.165) is 18.4 Å². The van der Waals surface area contributed by atoms with Gasteiger partial charge in [-0.05, 0) is 51.9 Å². The predicted octanol–water partition coefficient (Wildman–Crippen LogP) is 3.28. The first kappa shape index (κ1) is 20.2.